The molecular formula is C20H26N4O. The van der Waals surface area contributed by atoms with E-state index in [1.54, 1.807) is 12.4 Å². The molecule has 1 aliphatic heterocycles. The summed E-state index contributed by atoms with van der Waals surface area (Å²) in [6.45, 7) is 6.99. The van der Waals surface area contributed by atoms with Crippen LogP contribution in [0.15, 0.2) is 54.9 Å². The summed E-state index contributed by atoms with van der Waals surface area (Å²) >= 11 is 0. The zero-order chi connectivity index (χ0) is 17.6. The topological polar surface area (TPSA) is 57.3 Å². The lowest BCUT2D eigenvalue weighted by Gasteiger charge is -2.20. The Morgan fingerprint density at radius 3 is 2.64 bits per heavy atom. The lowest BCUT2D eigenvalue weighted by atomic mass is 10.1. The molecule has 132 valence electrons. The van der Waals surface area contributed by atoms with Crippen molar-refractivity contribution in [3.8, 4) is 0 Å². The minimum Gasteiger partial charge on any atom is -0.334 e. The molecule has 0 aliphatic carbocycles. The molecule has 1 fully saturated rings. The highest BCUT2D eigenvalue weighted by atomic mass is 16.2. The molecule has 2 N–H and O–H groups in total. The van der Waals surface area contributed by atoms with E-state index >= 15 is 0 Å². The average Bonchev–Trinajstić information content (AvgIpc) is 2.95. The zero-order valence-electron chi connectivity index (χ0n) is 14.9. The molecule has 0 spiro atoms. The maximum Gasteiger partial charge on any atom is 0.315 e. The maximum absolute atomic E-state index is 12.3. The number of pyridine rings is 1. The second-order valence-corrected chi connectivity index (χ2v) is 6.88. The van der Waals surface area contributed by atoms with E-state index in [0.717, 1.165) is 25.2 Å². The summed E-state index contributed by atoms with van der Waals surface area (Å²) < 4.78 is 0. The monoisotopic (exact) mass is 338 g/mol. The number of amides is 2. The van der Waals surface area contributed by atoms with E-state index in [1.807, 2.05) is 25.1 Å². The van der Waals surface area contributed by atoms with E-state index in [4.69, 9.17) is 0 Å². The number of likely N-dealkylation sites (tertiary alicyclic amines) is 1. The Balaban J connectivity index is 1.50. The first-order chi connectivity index (χ1) is 12.1. The number of hydrogen-bond donors (Lipinski definition) is 2. The first-order valence-electron chi connectivity index (χ1n) is 8.85. The van der Waals surface area contributed by atoms with E-state index in [-0.39, 0.29) is 18.1 Å². The lowest BCUT2D eigenvalue weighted by molar-refractivity contribution is 0.231. The Labute approximate surface area is 149 Å². The molecule has 1 aromatic carbocycles. The van der Waals surface area contributed by atoms with Crippen LogP contribution in [-0.4, -0.2) is 35.0 Å². The fourth-order valence-corrected chi connectivity index (χ4v) is 3.37. The lowest BCUT2D eigenvalue weighted by Crippen LogP contribution is -2.46. The van der Waals surface area contributed by atoms with Gasteiger partial charge in [-0.2, -0.15) is 0 Å². The van der Waals surface area contributed by atoms with Gasteiger partial charge in [-0.3, -0.25) is 9.88 Å². The molecule has 2 amide bonds. The van der Waals surface area contributed by atoms with Gasteiger partial charge >= 0.3 is 6.03 Å². The van der Waals surface area contributed by atoms with Crippen LogP contribution in [0.2, 0.25) is 0 Å². The molecule has 0 unspecified atom stereocenters. The fourth-order valence-electron chi connectivity index (χ4n) is 3.37. The third-order valence-electron chi connectivity index (χ3n) is 4.81. The predicted octanol–water partition coefficient (Wildman–Crippen LogP) is 2.96. The number of rotatable bonds is 5. The molecule has 5 nitrogen and oxygen atoms in total. The standard InChI is InChI=1S/C20H26N4O/c1-15-12-24(13-17-6-4-3-5-7-17)14-19(15)23-20(25)22-16(2)18-8-10-21-11-9-18/h3-11,15-16,19H,12-14H2,1-2H3,(H2,22,23,25)/t15-,16+,19-/m1/s1. The van der Waals surface area contributed by atoms with Crippen molar-refractivity contribution in [1.82, 2.24) is 20.5 Å². The minimum absolute atomic E-state index is 0.0415. The highest BCUT2D eigenvalue weighted by Crippen LogP contribution is 2.19. The molecule has 3 atom stereocenters. The third kappa shape index (κ3) is 4.79. The smallest absolute Gasteiger partial charge is 0.315 e. The Bertz CT molecular complexity index is 677. The second kappa shape index (κ2) is 8.12. The highest BCUT2D eigenvalue weighted by molar-refractivity contribution is 5.74. The van der Waals surface area contributed by atoms with Gasteiger partial charge < -0.3 is 10.6 Å². The number of nitrogens with zero attached hydrogens (tertiary/aromatic N) is 2. The first kappa shape index (κ1) is 17.4. The van der Waals surface area contributed by atoms with Gasteiger partial charge in [-0.05, 0) is 36.1 Å². The largest absolute Gasteiger partial charge is 0.334 e. The predicted molar refractivity (Wildman–Crippen MR) is 99.0 cm³/mol. The molecule has 1 saturated heterocycles. The van der Waals surface area contributed by atoms with Crippen LogP contribution in [0.3, 0.4) is 0 Å². The first-order valence-corrected chi connectivity index (χ1v) is 8.85. The molecule has 2 aromatic rings. The van der Waals surface area contributed by atoms with Gasteiger partial charge in [0.15, 0.2) is 0 Å². The van der Waals surface area contributed by atoms with Crippen molar-refractivity contribution < 1.29 is 4.79 Å². The summed E-state index contributed by atoms with van der Waals surface area (Å²) in [5.41, 5.74) is 2.36. The number of carbonyl (C=O) groups is 1. The highest BCUT2D eigenvalue weighted by Gasteiger charge is 2.30. The molecule has 0 radical (unpaired) electrons. The van der Waals surface area contributed by atoms with Crippen molar-refractivity contribution in [3.63, 3.8) is 0 Å². The maximum atomic E-state index is 12.3. The molecular weight excluding hydrogens is 312 g/mol. The van der Waals surface area contributed by atoms with Crippen LogP contribution >= 0.6 is 0 Å². The Morgan fingerprint density at radius 1 is 1.20 bits per heavy atom. The third-order valence-corrected chi connectivity index (χ3v) is 4.81. The molecule has 0 bridgehead atoms. The van der Waals surface area contributed by atoms with E-state index in [9.17, 15) is 4.79 Å². The van der Waals surface area contributed by atoms with Gasteiger partial charge in [0.25, 0.3) is 0 Å². The van der Waals surface area contributed by atoms with Crippen LogP contribution in [0.1, 0.15) is 31.0 Å². The fraction of sp³-hybridized carbons (Fsp3) is 0.400. The molecule has 2 heterocycles. The van der Waals surface area contributed by atoms with Crippen LogP contribution in [-0.2, 0) is 6.54 Å². The Hall–Kier alpha value is -2.40. The summed E-state index contributed by atoms with van der Waals surface area (Å²) in [4.78, 5) is 18.7. The molecule has 3 rings (SSSR count). The minimum atomic E-state index is -0.109. The molecule has 1 aromatic heterocycles. The number of hydrogen-bond acceptors (Lipinski definition) is 3. The van der Waals surface area contributed by atoms with Gasteiger partial charge in [-0.25, -0.2) is 4.79 Å². The number of carbonyl (C=O) groups excluding carboxylic acids is 1. The zero-order valence-corrected chi connectivity index (χ0v) is 14.9. The van der Waals surface area contributed by atoms with Gasteiger partial charge in [0.05, 0.1) is 6.04 Å². The van der Waals surface area contributed by atoms with Crippen molar-refractivity contribution in [1.29, 1.82) is 0 Å². The summed E-state index contributed by atoms with van der Waals surface area (Å²) in [6, 6.07) is 14.3. The van der Waals surface area contributed by atoms with E-state index in [0.29, 0.717) is 5.92 Å². The van der Waals surface area contributed by atoms with Crippen LogP contribution in [0.5, 0.6) is 0 Å². The van der Waals surface area contributed by atoms with Gasteiger partial charge in [-0.15, -0.1) is 0 Å². The number of aromatic nitrogens is 1. The Kier molecular flexibility index (Phi) is 5.66. The van der Waals surface area contributed by atoms with Crippen molar-refractivity contribution in [2.75, 3.05) is 13.1 Å². The van der Waals surface area contributed by atoms with Crippen molar-refractivity contribution in [2.24, 2.45) is 5.92 Å². The van der Waals surface area contributed by atoms with Gasteiger partial charge in [0.1, 0.15) is 0 Å². The van der Waals surface area contributed by atoms with Crippen molar-refractivity contribution >= 4 is 6.03 Å². The summed E-state index contributed by atoms with van der Waals surface area (Å²) in [5, 5.41) is 6.15. The van der Waals surface area contributed by atoms with Crippen LogP contribution in [0, 0.1) is 5.92 Å². The van der Waals surface area contributed by atoms with Crippen LogP contribution in [0.4, 0.5) is 4.79 Å². The second-order valence-electron chi connectivity index (χ2n) is 6.88. The molecule has 0 saturated carbocycles. The van der Waals surface area contributed by atoms with Gasteiger partial charge in [-0.1, -0.05) is 37.3 Å². The average molecular weight is 338 g/mol. The SMILES string of the molecule is C[C@H](NC(=O)N[C@@H]1CN(Cc2ccccc2)C[C@H]1C)c1ccncc1. The molecule has 5 heteroatoms. The van der Waals surface area contributed by atoms with Gasteiger partial charge in [0, 0.05) is 38.1 Å². The Morgan fingerprint density at radius 2 is 1.92 bits per heavy atom. The van der Waals surface area contributed by atoms with Crippen LogP contribution in [0.25, 0.3) is 0 Å². The van der Waals surface area contributed by atoms with Crippen molar-refractivity contribution in [3.05, 3.63) is 66.0 Å². The molecule has 1 aliphatic rings. The molecule has 25 heavy (non-hydrogen) atoms. The summed E-state index contributed by atoms with van der Waals surface area (Å²) in [6.07, 6.45) is 3.48. The number of urea groups is 1. The summed E-state index contributed by atoms with van der Waals surface area (Å²) in [5.74, 6) is 0.436. The van der Waals surface area contributed by atoms with E-state index in [2.05, 4.69) is 51.7 Å². The number of nitrogens with one attached hydrogen (secondary N) is 2. The normalized spacial score (nSPS) is 21.7. The van der Waals surface area contributed by atoms with E-state index in [1.165, 1.54) is 5.56 Å². The number of benzene rings is 1. The van der Waals surface area contributed by atoms with Crippen LogP contribution < -0.4 is 10.6 Å². The van der Waals surface area contributed by atoms with Crippen molar-refractivity contribution in [2.45, 2.75) is 32.5 Å². The summed E-state index contributed by atoms with van der Waals surface area (Å²) in [7, 11) is 0. The van der Waals surface area contributed by atoms with Gasteiger partial charge in [0.2, 0.25) is 0 Å². The van der Waals surface area contributed by atoms with E-state index < -0.39 is 0 Å². The quantitative estimate of drug-likeness (QED) is 0.881.